The van der Waals surface area contributed by atoms with Crippen molar-refractivity contribution in [3.8, 4) is 11.5 Å². The van der Waals surface area contributed by atoms with Gasteiger partial charge in [-0.05, 0) is 29.8 Å². The SMILES string of the molecule is O=S(=O)(O)C(c1cc(O)cc(O)c1)(c1cccc(Cl)c1Cl)c1cccc(Cl)c1Cl. The Kier molecular flexibility index (Phi) is 5.98. The normalized spacial score (nSPS) is 12.2. The van der Waals surface area contributed by atoms with Crippen molar-refractivity contribution in [2.45, 2.75) is 4.75 Å². The topological polar surface area (TPSA) is 94.8 Å². The maximum absolute atomic E-state index is 13.0. The van der Waals surface area contributed by atoms with E-state index in [1.54, 1.807) is 0 Å². The van der Waals surface area contributed by atoms with Crippen LogP contribution in [0.4, 0.5) is 0 Å². The van der Waals surface area contributed by atoms with Gasteiger partial charge in [0.25, 0.3) is 10.1 Å². The van der Waals surface area contributed by atoms with Crippen molar-refractivity contribution >= 4 is 56.5 Å². The molecule has 0 fully saturated rings. The van der Waals surface area contributed by atoms with Crippen molar-refractivity contribution in [3.05, 3.63) is 91.4 Å². The van der Waals surface area contributed by atoms with E-state index >= 15 is 0 Å². The average Bonchev–Trinajstić information content (AvgIpc) is 2.60. The van der Waals surface area contributed by atoms with E-state index in [0.29, 0.717) is 0 Å². The highest BCUT2D eigenvalue weighted by atomic mass is 35.5. The molecule has 3 rings (SSSR count). The lowest BCUT2D eigenvalue weighted by Crippen LogP contribution is -2.39. The van der Waals surface area contributed by atoms with Gasteiger partial charge in [0.05, 0.1) is 20.1 Å². The molecule has 0 saturated carbocycles. The van der Waals surface area contributed by atoms with Gasteiger partial charge in [0.15, 0.2) is 4.75 Å². The minimum Gasteiger partial charge on any atom is -0.508 e. The molecule has 5 nitrogen and oxygen atoms in total. The van der Waals surface area contributed by atoms with Crippen LogP contribution in [-0.4, -0.2) is 23.2 Å². The lowest BCUT2D eigenvalue weighted by Gasteiger charge is -2.34. The summed E-state index contributed by atoms with van der Waals surface area (Å²) in [6, 6.07) is 11.5. The Labute approximate surface area is 186 Å². The second kappa shape index (κ2) is 7.87. The number of aromatic hydroxyl groups is 2. The maximum Gasteiger partial charge on any atom is 0.283 e. The monoisotopic (exact) mass is 492 g/mol. The summed E-state index contributed by atoms with van der Waals surface area (Å²) in [4.78, 5) is 0. The first-order chi connectivity index (χ1) is 13.5. The molecule has 0 saturated heterocycles. The molecule has 0 amide bonds. The first-order valence-electron chi connectivity index (χ1n) is 7.89. The summed E-state index contributed by atoms with van der Waals surface area (Å²) in [7, 11) is -5.11. The zero-order chi connectivity index (χ0) is 21.6. The molecule has 0 aliphatic rings. The molecule has 0 unspecified atom stereocenters. The van der Waals surface area contributed by atoms with E-state index in [1.807, 2.05) is 0 Å². The van der Waals surface area contributed by atoms with Gasteiger partial charge in [-0.2, -0.15) is 8.42 Å². The fraction of sp³-hybridized carbons (Fsp3) is 0.0526. The van der Waals surface area contributed by atoms with E-state index in [0.717, 1.165) is 18.2 Å². The zero-order valence-corrected chi connectivity index (χ0v) is 18.1. The standard InChI is InChI=1S/C19H12Cl4O5S/c20-15-5-1-3-13(17(15)22)19(29(26,27)28,10-7-11(24)9-12(25)8-10)14-4-2-6-16(21)18(14)23/h1-9,24-25H,(H,26,27,28). The Hall–Kier alpha value is -1.67. The zero-order valence-electron chi connectivity index (χ0n) is 14.3. The Morgan fingerprint density at radius 3 is 1.52 bits per heavy atom. The van der Waals surface area contributed by atoms with E-state index in [-0.39, 0.29) is 36.8 Å². The van der Waals surface area contributed by atoms with Gasteiger partial charge < -0.3 is 10.2 Å². The first-order valence-corrected chi connectivity index (χ1v) is 10.8. The number of benzene rings is 3. The molecular weight excluding hydrogens is 482 g/mol. The van der Waals surface area contributed by atoms with Crippen LogP contribution in [0.15, 0.2) is 54.6 Å². The summed E-state index contributed by atoms with van der Waals surface area (Å²) >= 11 is 24.9. The molecule has 0 aliphatic heterocycles. The average molecular weight is 494 g/mol. The largest absolute Gasteiger partial charge is 0.508 e. The van der Waals surface area contributed by atoms with Crippen LogP contribution in [0.25, 0.3) is 0 Å². The van der Waals surface area contributed by atoms with Crippen LogP contribution in [0, 0.1) is 0 Å². The van der Waals surface area contributed by atoms with Crippen molar-refractivity contribution in [2.75, 3.05) is 0 Å². The quantitative estimate of drug-likeness (QED) is 0.311. The second-order valence-corrected chi connectivity index (χ2v) is 9.23. The third kappa shape index (κ3) is 3.65. The number of hydrogen-bond acceptors (Lipinski definition) is 4. The summed E-state index contributed by atoms with van der Waals surface area (Å²) in [6.45, 7) is 0. The number of rotatable bonds is 4. The Bertz CT molecular complexity index is 1140. The maximum atomic E-state index is 13.0. The smallest absolute Gasteiger partial charge is 0.283 e. The molecule has 0 aromatic heterocycles. The van der Waals surface area contributed by atoms with Crippen molar-refractivity contribution in [3.63, 3.8) is 0 Å². The fourth-order valence-electron chi connectivity index (χ4n) is 3.23. The third-order valence-electron chi connectivity index (χ3n) is 4.36. The lowest BCUT2D eigenvalue weighted by atomic mass is 9.83. The van der Waals surface area contributed by atoms with E-state index in [9.17, 15) is 23.2 Å². The molecule has 0 aliphatic carbocycles. The number of phenols is 2. The van der Waals surface area contributed by atoms with Gasteiger partial charge in [0, 0.05) is 17.2 Å². The van der Waals surface area contributed by atoms with E-state index in [4.69, 9.17) is 46.4 Å². The minimum absolute atomic E-state index is 0.0136. The predicted octanol–water partition coefficient (Wildman–Crippen LogP) is 5.89. The molecule has 152 valence electrons. The van der Waals surface area contributed by atoms with Crippen molar-refractivity contribution in [1.29, 1.82) is 0 Å². The van der Waals surface area contributed by atoms with Crippen LogP contribution < -0.4 is 0 Å². The summed E-state index contributed by atoms with van der Waals surface area (Å²) in [5.74, 6) is -0.909. The minimum atomic E-state index is -5.11. The van der Waals surface area contributed by atoms with Crippen LogP contribution in [0.2, 0.25) is 20.1 Å². The van der Waals surface area contributed by atoms with Crippen LogP contribution in [0.3, 0.4) is 0 Å². The third-order valence-corrected chi connectivity index (χ3v) is 7.44. The highest BCUT2D eigenvalue weighted by Gasteiger charge is 2.51. The Morgan fingerprint density at radius 1 is 0.724 bits per heavy atom. The first kappa shape index (κ1) is 22.0. The van der Waals surface area contributed by atoms with Gasteiger partial charge in [-0.15, -0.1) is 0 Å². The number of phenolic OH excluding ortho intramolecular Hbond substituents is 2. The molecule has 0 spiro atoms. The molecular formula is C19H12Cl4O5S. The van der Waals surface area contributed by atoms with Crippen LogP contribution in [-0.2, 0) is 14.9 Å². The van der Waals surface area contributed by atoms with Crippen LogP contribution in [0.1, 0.15) is 16.7 Å². The molecule has 3 aromatic rings. The van der Waals surface area contributed by atoms with Gasteiger partial charge in [0.1, 0.15) is 11.5 Å². The number of halogens is 4. The van der Waals surface area contributed by atoms with Crippen LogP contribution in [0.5, 0.6) is 11.5 Å². The van der Waals surface area contributed by atoms with Crippen molar-refractivity contribution in [2.24, 2.45) is 0 Å². The highest BCUT2D eigenvalue weighted by Crippen LogP contribution is 2.51. The lowest BCUT2D eigenvalue weighted by molar-refractivity contribution is 0.444. The van der Waals surface area contributed by atoms with Gasteiger partial charge in [-0.1, -0.05) is 70.7 Å². The number of hydrogen-bond donors (Lipinski definition) is 3. The van der Waals surface area contributed by atoms with Gasteiger partial charge in [-0.3, -0.25) is 4.55 Å². The van der Waals surface area contributed by atoms with Gasteiger partial charge >= 0.3 is 0 Å². The van der Waals surface area contributed by atoms with Gasteiger partial charge in [0.2, 0.25) is 0 Å². The Morgan fingerprint density at radius 2 is 1.14 bits per heavy atom. The molecule has 0 atom stereocenters. The van der Waals surface area contributed by atoms with E-state index in [2.05, 4.69) is 0 Å². The van der Waals surface area contributed by atoms with Crippen molar-refractivity contribution in [1.82, 2.24) is 0 Å². The molecule has 0 heterocycles. The fourth-order valence-corrected chi connectivity index (χ4v) is 5.54. The summed E-state index contributed by atoms with van der Waals surface area (Å²) < 4.78 is 34.0. The Balaban J connectivity index is 2.65. The van der Waals surface area contributed by atoms with Gasteiger partial charge in [-0.25, -0.2) is 0 Å². The van der Waals surface area contributed by atoms with Crippen LogP contribution >= 0.6 is 46.4 Å². The molecule has 0 radical (unpaired) electrons. The second-order valence-electron chi connectivity index (χ2n) is 6.10. The molecule has 0 bridgehead atoms. The molecule has 29 heavy (non-hydrogen) atoms. The van der Waals surface area contributed by atoms with E-state index < -0.39 is 26.4 Å². The summed E-state index contributed by atoms with van der Waals surface area (Å²) in [6.07, 6.45) is 0. The molecule has 3 aromatic carbocycles. The predicted molar refractivity (Wildman–Crippen MR) is 114 cm³/mol. The van der Waals surface area contributed by atoms with E-state index in [1.165, 1.54) is 36.4 Å². The van der Waals surface area contributed by atoms with Crippen molar-refractivity contribution < 1.29 is 23.2 Å². The highest BCUT2D eigenvalue weighted by molar-refractivity contribution is 7.87. The summed E-state index contributed by atoms with van der Waals surface area (Å²) in [5.41, 5.74) is -0.530. The molecule has 3 N–H and O–H groups in total. The summed E-state index contributed by atoms with van der Waals surface area (Å²) in [5, 5.41) is 19.7. The molecule has 10 heteroatoms.